The number of benzene rings is 2. The van der Waals surface area contributed by atoms with E-state index >= 15 is 0 Å². The van der Waals surface area contributed by atoms with Crippen molar-refractivity contribution in [1.82, 2.24) is 15.2 Å². The van der Waals surface area contributed by atoms with Crippen LogP contribution in [0, 0.1) is 6.92 Å². The zero-order chi connectivity index (χ0) is 17.6. The van der Waals surface area contributed by atoms with Gasteiger partial charge in [-0.2, -0.15) is 0 Å². The van der Waals surface area contributed by atoms with Crippen LogP contribution in [-0.2, 0) is 4.79 Å². The van der Waals surface area contributed by atoms with E-state index in [1.807, 2.05) is 43.3 Å². The van der Waals surface area contributed by atoms with Gasteiger partial charge in [-0.1, -0.05) is 53.7 Å². The molecule has 2 aromatic carbocycles. The van der Waals surface area contributed by atoms with Crippen molar-refractivity contribution >= 4 is 23.4 Å². The molecule has 0 saturated carbocycles. The molecule has 0 aliphatic rings. The van der Waals surface area contributed by atoms with Gasteiger partial charge in [-0.15, -0.1) is 5.10 Å². The second-order valence-corrected chi connectivity index (χ2v) is 6.31. The first-order valence-electron chi connectivity index (χ1n) is 7.71. The zero-order valence-corrected chi connectivity index (χ0v) is 14.8. The number of hydrogen-bond acceptors (Lipinski definition) is 5. The standard InChI is InChI=1S/C18H18N4O2S/c1-12-7-9-13(10-8-12)17-20-18(22-21-17)25-11-16(23)19-14-5-3-4-6-15(14)24-2/h3-10H,11H2,1-2H3,(H,19,23)(H,20,21,22). The first-order chi connectivity index (χ1) is 12.2. The van der Waals surface area contributed by atoms with E-state index in [4.69, 9.17) is 4.74 Å². The topological polar surface area (TPSA) is 79.9 Å². The lowest BCUT2D eigenvalue weighted by atomic mass is 10.1. The van der Waals surface area contributed by atoms with Crippen molar-refractivity contribution in [3.8, 4) is 17.1 Å². The molecule has 6 nitrogen and oxygen atoms in total. The Bertz CT molecular complexity index is 862. The first kappa shape index (κ1) is 17.0. The van der Waals surface area contributed by atoms with Gasteiger partial charge in [0.25, 0.3) is 0 Å². The van der Waals surface area contributed by atoms with E-state index in [1.54, 1.807) is 19.2 Å². The SMILES string of the molecule is COc1ccccc1NC(=O)CSc1n[nH]c(-c2ccc(C)cc2)n1. The van der Waals surface area contributed by atoms with E-state index in [2.05, 4.69) is 20.5 Å². The Morgan fingerprint density at radius 3 is 2.72 bits per heavy atom. The van der Waals surface area contributed by atoms with Crippen LogP contribution in [0.4, 0.5) is 5.69 Å². The fourth-order valence-corrected chi connectivity index (χ4v) is 2.81. The van der Waals surface area contributed by atoms with Gasteiger partial charge in [0.05, 0.1) is 18.6 Å². The number of carbonyl (C=O) groups excluding carboxylic acids is 1. The van der Waals surface area contributed by atoms with Crippen molar-refractivity contribution < 1.29 is 9.53 Å². The van der Waals surface area contributed by atoms with Gasteiger partial charge in [-0.25, -0.2) is 4.98 Å². The lowest BCUT2D eigenvalue weighted by molar-refractivity contribution is -0.113. The van der Waals surface area contributed by atoms with E-state index in [0.717, 1.165) is 5.56 Å². The Kier molecular flexibility index (Phi) is 5.35. The Hall–Kier alpha value is -2.80. The molecule has 7 heteroatoms. The molecule has 0 atom stereocenters. The van der Waals surface area contributed by atoms with Gasteiger partial charge < -0.3 is 10.1 Å². The van der Waals surface area contributed by atoms with Gasteiger partial charge in [0.1, 0.15) is 5.75 Å². The largest absolute Gasteiger partial charge is 0.495 e. The normalized spacial score (nSPS) is 10.5. The molecule has 0 unspecified atom stereocenters. The minimum atomic E-state index is -0.142. The van der Waals surface area contributed by atoms with Gasteiger partial charge in [0.2, 0.25) is 11.1 Å². The Balaban J connectivity index is 1.58. The van der Waals surface area contributed by atoms with Gasteiger partial charge in [-0.3, -0.25) is 9.89 Å². The molecule has 2 N–H and O–H groups in total. The number of ether oxygens (including phenoxy) is 1. The number of carbonyl (C=O) groups is 1. The average Bonchev–Trinajstić information content (AvgIpc) is 3.10. The van der Waals surface area contributed by atoms with Crippen LogP contribution in [0.3, 0.4) is 0 Å². The lowest BCUT2D eigenvalue weighted by Crippen LogP contribution is -2.14. The number of nitrogens with zero attached hydrogens (tertiary/aromatic N) is 2. The summed E-state index contributed by atoms with van der Waals surface area (Å²) in [6, 6.07) is 15.3. The number of aromatic nitrogens is 3. The molecule has 0 fully saturated rings. The lowest BCUT2D eigenvalue weighted by Gasteiger charge is -2.08. The number of nitrogens with one attached hydrogen (secondary N) is 2. The number of thioether (sulfide) groups is 1. The number of anilines is 1. The van der Waals surface area contributed by atoms with Crippen molar-refractivity contribution in [3.63, 3.8) is 0 Å². The van der Waals surface area contributed by atoms with E-state index in [0.29, 0.717) is 22.4 Å². The smallest absolute Gasteiger partial charge is 0.234 e. The average molecular weight is 354 g/mol. The number of amides is 1. The number of hydrogen-bond donors (Lipinski definition) is 2. The van der Waals surface area contributed by atoms with Crippen LogP contribution in [0.25, 0.3) is 11.4 Å². The molecule has 0 radical (unpaired) electrons. The first-order valence-corrected chi connectivity index (χ1v) is 8.69. The summed E-state index contributed by atoms with van der Waals surface area (Å²) in [5.74, 6) is 1.38. The highest BCUT2D eigenvalue weighted by Crippen LogP contribution is 2.24. The quantitative estimate of drug-likeness (QED) is 0.662. The molecule has 0 spiro atoms. The van der Waals surface area contributed by atoms with E-state index in [-0.39, 0.29) is 11.7 Å². The Morgan fingerprint density at radius 2 is 1.96 bits per heavy atom. The third kappa shape index (κ3) is 4.39. The third-order valence-electron chi connectivity index (χ3n) is 3.50. The van der Waals surface area contributed by atoms with Crippen molar-refractivity contribution in [1.29, 1.82) is 0 Å². The van der Waals surface area contributed by atoms with E-state index in [9.17, 15) is 4.79 Å². The second-order valence-electron chi connectivity index (χ2n) is 5.37. The van der Waals surface area contributed by atoms with Crippen LogP contribution in [-0.4, -0.2) is 34.0 Å². The molecule has 1 aromatic heterocycles. The Labute approximate surface area is 150 Å². The maximum absolute atomic E-state index is 12.1. The second kappa shape index (κ2) is 7.85. The predicted octanol–water partition coefficient (Wildman–Crippen LogP) is 3.52. The van der Waals surface area contributed by atoms with Gasteiger partial charge in [-0.05, 0) is 19.1 Å². The monoisotopic (exact) mass is 354 g/mol. The Morgan fingerprint density at radius 1 is 1.20 bits per heavy atom. The van der Waals surface area contributed by atoms with Crippen molar-refractivity contribution in [2.45, 2.75) is 12.1 Å². The molecule has 0 aliphatic heterocycles. The highest BCUT2D eigenvalue weighted by molar-refractivity contribution is 7.99. The highest BCUT2D eigenvalue weighted by atomic mass is 32.2. The molecule has 1 amide bonds. The summed E-state index contributed by atoms with van der Waals surface area (Å²) < 4.78 is 5.22. The van der Waals surface area contributed by atoms with Crippen LogP contribution in [0.2, 0.25) is 0 Å². The molecule has 1 heterocycles. The minimum absolute atomic E-state index is 0.142. The van der Waals surface area contributed by atoms with E-state index < -0.39 is 0 Å². The van der Waals surface area contributed by atoms with Gasteiger partial charge in [0.15, 0.2) is 5.82 Å². The minimum Gasteiger partial charge on any atom is -0.495 e. The summed E-state index contributed by atoms with van der Waals surface area (Å²) in [5, 5.41) is 10.4. The van der Waals surface area contributed by atoms with Crippen LogP contribution in [0.1, 0.15) is 5.56 Å². The summed E-state index contributed by atoms with van der Waals surface area (Å²) in [6.07, 6.45) is 0. The molecule has 0 saturated heterocycles. The molecular weight excluding hydrogens is 336 g/mol. The molecule has 3 rings (SSSR count). The van der Waals surface area contributed by atoms with E-state index in [1.165, 1.54) is 17.3 Å². The van der Waals surface area contributed by atoms with Crippen molar-refractivity contribution in [3.05, 3.63) is 54.1 Å². The van der Waals surface area contributed by atoms with Gasteiger partial charge >= 0.3 is 0 Å². The zero-order valence-electron chi connectivity index (χ0n) is 13.9. The molecule has 128 valence electrons. The number of H-pyrrole nitrogens is 1. The maximum atomic E-state index is 12.1. The molecule has 3 aromatic rings. The van der Waals surface area contributed by atoms with Gasteiger partial charge in [0, 0.05) is 5.56 Å². The number of methoxy groups -OCH3 is 1. The summed E-state index contributed by atoms with van der Waals surface area (Å²) in [4.78, 5) is 16.5. The summed E-state index contributed by atoms with van der Waals surface area (Å²) in [7, 11) is 1.57. The van der Waals surface area contributed by atoms with Crippen molar-refractivity contribution in [2.75, 3.05) is 18.2 Å². The van der Waals surface area contributed by atoms with Crippen LogP contribution >= 0.6 is 11.8 Å². The highest BCUT2D eigenvalue weighted by Gasteiger charge is 2.11. The maximum Gasteiger partial charge on any atom is 0.234 e. The van der Waals surface area contributed by atoms with Crippen LogP contribution in [0.15, 0.2) is 53.7 Å². The van der Waals surface area contributed by atoms with Crippen LogP contribution in [0.5, 0.6) is 5.75 Å². The fourth-order valence-electron chi connectivity index (χ4n) is 2.22. The molecular formula is C18H18N4O2S. The molecule has 0 aliphatic carbocycles. The fraction of sp³-hybridized carbons (Fsp3) is 0.167. The number of rotatable bonds is 6. The number of aromatic amines is 1. The van der Waals surface area contributed by atoms with Crippen LogP contribution < -0.4 is 10.1 Å². The summed E-state index contributed by atoms with van der Waals surface area (Å²) in [5.41, 5.74) is 2.79. The summed E-state index contributed by atoms with van der Waals surface area (Å²) in [6.45, 7) is 2.03. The predicted molar refractivity (Wildman–Crippen MR) is 98.9 cm³/mol. The molecule has 25 heavy (non-hydrogen) atoms. The molecule has 0 bridgehead atoms. The van der Waals surface area contributed by atoms with Crippen molar-refractivity contribution in [2.24, 2.45) is 0 Å². The summed E-state index contributed by atoms with van der Waals surface area (Å²) >= 11 is 1.27. The number of aryl methyl sites for hydroxylation is 1. The number of para-hydroxylation sites is 2. The third-order valence-corrected chi connectivity index (χ3v) is 4.35.